The van der Waals surface area contributed by atoms with Crippen molar-refractivity contribution >= 4 is 17.5 Å². The number of aromatic nitrogens is 3. The predicted octanol–water partition coefficient (Wildman–Crippen LogP) is 1.36. The Kier molecular flexibility index (Phi) is 4.93. The quantitative estimate of drug-likeness (QED) is 0.646. The highest BCUT2D eigenvalue weighted by atomic mass is 19.4. The summed E-state index contributed by atoms with van der Waals surface area (Å²) in [5.41, 5.74) is 0.403. The number of hydrogen-bond donors (Lipinski definition) is 0. The van der Waals surface area contributed by atoms with E-state index in [1.807, 2.05) is 5.01 Å². The van der Waals surface area contributed by atoms with Crippen molar-refractivity contribution in [1.29, 1.82) is 0 Å². The molecule has 2 saturated heterocycles. The first-order valence-corrected chi connectivity index (χ1v) is 10.3. The van der Waals surface area contributed by atoms with E-state index in [0.717, 1.165) is 4.90 Å². The van der Waals surface area contributed by atoms with E-state index in [1.165, 1.54) is 23.0 Å². The average molecular weight is 450 g/mol. The molecule has 3 aliphatic rings. The molecule has 32 heavy (non-hydrogen) atoms. The van der Waals surface area contributed by atoms with Gasteiger partial charge >= 0.3 is 6.18 Å². The fourth-order valence-corrected chi connectivity index (χ4v) is 4.46. The Morgan fingerprint density at radius 3 is 2.78 bits per heavy atom. The van der Waals surface area contributed by atoms with Crippen molar-refractivity contribution in [3.8, 4) is 0 Å². The first kappa shape index (κ1) is 20.9. The number of halogens is 3. The van der Waals surface area contributed by atoms with Crippen LogP contribution in [0.3, 0.4) is 0 Å². The van der Waals surface area contributed by atoms with Gasteiger partial charge in [-0.15, -0.1) is 0 Å². The van der Waals surface area contributed by atoms with E-state index in [0.29, 0.717) is 25.4 Å². The van der Waals surface area contributed by atoms with Crippen LogP contribution in [0.15, 0.2) is 29.3 Å². The van der Waals surface area contributed by atoms with Crippen molar-refractivity contribution in [3.63, 3.8) is 0 Å². The van der Waals surface area contributed by atoms with E-state index < -0.39 is 30.1 Å². The standard InChI is InChI=1S/C20H21F3N6O3/c1-12-2-4-24-7-14(12)15(30)10-28-16(20(21,22)23)3-5-27-18(31)6-17(25-19(27)28)29-9-13-8-26(29)11-32-13/h2,4,6-7,13,16H,3,5,8-11H2,1H3/t13-,16-/m0/s1. The molecule has 2 aromatic rings. The van der Waals surface area contributed by atoms with Crippen molar-refractivity contribution in [1.82, 2.24) is 19.5 Å². The summed E-state index contributed by atoms with van der Waals surface area (Å²) in [5, 5.41) is 3.60. The molecule has 3 atom stereocenters. The number of nitrogens with zero attached hydrogens (tertiary/aromatic N) is 6. The van der Waals surface area contributed by atoms with Crippen LogP contribution in [-0.4, -0.2) is 70.0 Å². The molecule has 2 bridgehead atoms. The lowest BCUT2D eigenvalue weighted by Crippen LogP contribution is -2.54. The molecule has 2 fully saturated rings. The highest BCUT2D eigenvalue weighted by Gasteiger charge is 2.48. The van der Waals surface area contributed by atoms with E-state index >= 15 is 0 Å². The number of hydrogen-bond acceptors (Lipinski definition) is 8. The highest BCUT2D eigenvalue weighted by Crippen LogP contribution is 2.35. The maximum absolute atomic E-state index is 13.9. The van der Waals surface area contributed by atoms with Gasteiger partial charge in [0, 0.05) is 37.1 Å². The van der Waals surface area contributed by atoms with Gasteiger partial charge in [-0.25, -0.2) is 0 Å². The largest absolute Gasteiger partial charge is 0.408 e. The Morgan fingerprint density at radius 1 is 1.31 bits per heavy atom. The van der Waals surface area contributed by atoms with Crippen LogP contribution in [0.2, 0.25) is 0 Å². The molecule has 0 saturated carbocycles. The Labute approximate surface area is 181 Å². The number of carbonyl (C=O) groups is 1. The number of ketones is 1. The first-order chi connectivity index (χ1) is 15.2. The second kappa shape index (κ2) is 7.55. The van der Waals surface area contributed by atoms with Gasteiger partial charge in [0.2, 0.25) is 5.95 Å². The number of carbonyl (C=O) groups excluding carboxylic acids is 1. The minimum absolute atomic E-state index is 0.0373. The molecule has 0 aliphatic carbocycles. The molecular formula is C20H21F3N6O3. The van der Waals surface area contributed by atoms with E-state index in [4.69, 9.17) is 4.74 Å². The maximum atomic E-state index is 13.9. The van der Waals surface area contributed by atoms with Crippen LogP contribution in [0, 0.1) is 6.92 Å². The third-order valence-electron chi connectivity index (χ3n) is 6.12. The van der Waals surface area contributed by atoms with Crippen molar-refractivity contribution in [2.24, 2.45) is 0 Å². The number of anilines is 2. The van der Waals surface area contributed by atoms with Crippen LogP contribution >= 0.6 is 0 Å². The number of aryl methyl sites for hydroxylation is 1. The van der Waals surface area contributed by atoms with Crippen LogP contribution in [-0.2, 0) is 11.3 Å². The van der Waals surface area contributed by atoms with Crippen LogP contribution in [0.1, 0.15) is 22.3 Å². The summed E-state index contributed by atoms with van der Waals surface area (Å²) >= 11 is 0. The summed E-state index contributed by atoms with van der Waals surface area (Å²) in [5.74, 6) is -0.416. The third-order valence-corrected chi connectivity index (χ3v) is 6.12. The molecular weight excluding hydrogens is 429 g/mol. The summed E-state index contributed by atoms with van der Waals surface area (Å²) in [7, 11) is 0. The van der Waals surface area contributed by atoms with Gasteiger partial charge in [0.05, 0.1) is 19.2 Å². The minimum Gasteiger partial charge on any atom is -0.358 e. The van der Waals surface area contributed by atoms with Crippen LogP contribution < -0.4 is 15.5 Å². The Morgan fingerprint density at radius 2 is 2.12 bits per heavy atom. The van der Waals surface area contributed by atoms with E-state index in [2.05, 4.69) is 9.97 Å². The molecule has 3 aliphatic heterocycles. The van der Waals surface area contributed by atoms with Crippen LogP contribution in [0.5, 0.6) is 0 Å². The zero-order valence-corrected chi connectivity index (χ0v) is 17.2. The van der Waals surface area contributed by atoms with Crippen molar-refractivity contribution in [2.75, 3.05) is 36.3 Å². The van der Waals surface area contributed by atoms with E-state index in [9.17, 15) is 22.8 Å². The Hall–Kier alpha value is -2.99. The van der Waals surface area contributed by atoms with Gasteiger partial charge < -0.3 is 9.64 Å². The fourth-order valence-electron chi connectivity index (χ4n) is 4.46. The van der Waals surface area contributed by atoms with Crippen LogP contribution in [0.4, 0.5) is 24.9 Å². The number of fused-ring (bicyclic) bond motifs is 3. The summed E-state index contributed by atoms with van der Waals surface area (Å²) in [4.78, 5) is 35.0. The van der Waals surface area contributed by atoms with Gasteiger partial charge in [-0.05, 0) is 25.0 Å². The summed E-state index contributed by atoms with van der Waals surface area (Å²) < 4.78 is 48.5. The summed E-state index contributed by atoms with van der Waals surface area (Å²) in [6.45, 7) is 2.43. The number of alkyl halides is 3. The zero-order chi connectivity index (χ0) is 22.6. The average Bonchev–Trinajstić information content (AvgIpc) is 3.37. The monoisotopic (exact) mass is 450 g/mol. The van der Waals surface area contributed by atoms with Crippen molar-refractivity contribution in [3.05, 3.63) is 46.0 Å². The molecule has 5 rings (SSSR count). The lowest BCUT2D eigenvalue weighted by atomic mass is 10.0. The third kappa shape index (κ3) is 3.52. The molecule has 0 spiro atoms. The first-order valence-electron chi connectivity index (χ1n) is 10.3. The Balaban J connectivity index is 1.55. The zero-order valence-electron chi connectivity index (χ0n) is 17.2. The van der Waals surface area contributed by atoms with Gasteiger partial charge in [0.25, 0.3) is 5.56 Å². The van der Waals surface area contributed by atoms with Gasteiger partial charge in [0.15, 0.2) is 11.6 Å². The van der Waals surface area contributed by atoms with Gasteiger partial charge in [-0.1, -0.05) is 0 Å². The number of rotatable bonds is 4. The minimum atomic E-state index is -4.59. The number of hydrazine groups is 1. The maximum Gasteiger partial charge on any atom is 0.408 e. The second-order valence-electron chi connectivity index (χ2n) is 8.18. The van der Waals surface area contributed by atoms with Gasteiger partial charge in [-0.3, -0.25) is 24.1 Å². The molecule has 0 N–H and O–H groups in total. The SMILES string of the molecule is Cc1ccncc1C(=O)CN1c2nc(N3C[C@@H]4CN3CO4)cc(=O)n2CC[C@H]1C(F)(F)F. The predicted molar refractivity (Wildman–Crippen MR) is 107 cm³/mol. The van der Waals surface area contributed by atoms with E-state index in [-0.39, 0.29) is 36.4 Å². The molecule has 2 aromatic heterocycles. The van der Waals surface area contributed by atoms with Crippen molar-refractivity contribution in [2.45, 2.75) is 38.2 Å². The molecule has 170 valence electrons. The molecule has 0 radical (unpaired) electrons. The van der Waals surface area contributed by atoms with Gasteiger partial charge in [-0.2, -0.15) is 23.2 Å². The number of pyridine rings is 1. The molecule has 5 heterocycles. The summed E-state index contributed by atoms with van der Waals surface area (Å²) in [6, 6.07) is 1.02. The van der Waals surface area contributed by atoms with Crippen LogP contribution in [0.25, 0.3) is 0 Å². The smallest absolute Gasteiger partial charge is 0.358 e. The molecule has 9 nitrogen and oxygen atoms in total. The molecule has 12 heteroatoms. The highest BCUT2D eigenvalue weighted by molar-refractivity contribution is 6.00. The second-order valence-corrected chi connectivity index (χ2v) is 8.18. The fraction of sp³-hybridized carbons (Fsp3) is 0.500. The molecule has 1 unspecified atom stereocenters. The van der Waals surface area contributed by atoms with Crippen molar-refractivity contribution < 1.29 is 22.7 Å². The summed E-state index contributed by atoms with van der Waals surface area (Å²) in [6.07, 6.45) is -2.12. The Bertz CT molecular complexity index is 1120. The molecule has 0 amide bonds. The lowest BCUT2D eigenvalue weighted by Gasteiger charge is -2.39. The molecule has 0 aromatic carbocycles. The van der Waals surface area contributed by atoms with Gasteiger partial charge in [0.1, 0.15) is 12.8 Å². The topological polar surface area (TPSA) is 83.8 Å². The normalized spacial score (nSPS) is 24.7. The number of Topliss-reactive ketones (excluding diaryl/α,β-unsaturated/α-hetero) is 1. The number of ether oxygens (including phenoxy) is 1. The lowest BCUT2D eigenvalue weighted by molar-refractivity contribution is -0.152. The van der Waals surface area contributed by atoms with E-state index in [1.54, 1.807) is 18.0 Å².